The number of hydrogen-bond acceptors (Lipinski definition) is 3. The largest absolute Gasteiger partial charge is 0.397 e. The van der Waals surface area contributed by atoms with Crippen molar-refractivity contribution in [2.24, 2.45) is 0 Å². The third-order valence-corrected chi connectivity index (χ3v) is 3.53. The molecule has 0 saturated carbocycles. The standard InChI is InChI=1S/C17H17N3/c1-12-5-3-6-13(11-12)20(2)16-9-8-15(18)17-14(16)7-4-10-19-17/h3-11H,18H2,1-2H3. The van der Waals surface area contributed by atoms with Crippen LogP contribution in [-0.4, -0.2) is 12.0 Å². The van der Waals surface area contributed by atoms with Gasteiger partial charge in [0.25, 0.3) is 0 Å². The quantitative estimate of drug-likeness (QED) is 0.713. The first-order valence-corrected chi connectivity index (χ1v) is 6.60. The van der Waals surface area contributed by atoms with E-state index < -0.39 is 0 Å². The van der Waals surface area contributed by atoms with Crippen LogP contribution in [0.2, 0.25) is 0 Å². The van der Waals surface area contributed by atoms with Crippen LogP contribution < -0.4 is 10.6 Å². The van der Waals surface area contributed by atoms with Crippen molar-refractivity contribution in [3.63, 3.8) is 0 Å². The molecule has 3 nitrogen and oxygen atoms in total. The highest BCUT2D eigenvalue weighted by atomic mass is 15.1. The molecule has 0 amide bonds. The molecule has 0 aliphatic rings. The van der Waals surface area contributed by atoms with Gasteiger partial charge in [-0.3, -0.25) is 4.98 Å². The van der Waals surface area contributed by atoms with Crippen molar-refractivity contribution >= 4 is 28.0 Å². The van der Waals surface area contributed by atoms with Crippen LogP contribution in [0.1, 0.15) is 5.56 Å². The smallest absolute Gasteiger partial charge is 0.0952 e. The molecule has 1 aromatic heterocycles. The molecule has 0 atom stereocenters. The molecule has 0 spiro atoms. The van der Waals surface area contributed by atoms with E-state index in [0.717, 1.165) is 22.3 Å². The molecule has 3 heteroatoms. The van der Waals surface area contributed by atoms with Crippen LogP contribution in [0.3, 0.4) is 0 Å². The van der Waals surface area contributed by atoms with Crippen LogP contribution in [-0.2, 0) is 0 Å². The average molecular weight is 263 g/mol. The van der Waals surface area contributed by atoms with Crippen molar-refractivity contribution in [1.29, 1.82) is 0 Å². The molecule has 20 heavy (non-hydrogen) atoms. The first-order valence-electron chi connectivity index (χ1n) is 6.60. The maximum atomic E-state index is 6.01. The normalized spacial score (nSPS) is 10.7. The second kappa shape index (κ2) is 4.85. The molecule has 3 aromatic rings. The summed E-state index contributed by atoms with van der Waals surface area (Å²) in [6, 6.07) is 16.4. The minimum atomic E-state index is 0.710. The summed E-state index contributed by atoms with van der Waals surface area (Å²) in [5.41, 5.74) is 11.1. The Morgan fingerprint density at radius 1 is 1.05 bits per heavy atom. The van der Waals surface area contributed by atoms with Crippen molar-refractivity contribution in [1.82, 2.24) is 4.98 Å². The summed E-state index contributed by atoms with van der Waals surface area (Å²) in [6.07, 6.45) is 1.77. The minimum Gasteiger partial charge on any atom is -0.397 e. The summed E-state index contributed by atoms with van der Waals surface area (Å²) < 4.78 is 0. The van der Waals surface area contributed by atoms with Gasteiger partial charge in [-0.15, -0.1) is 0 Å². The highest BCUT2D eigenvalue weighted by Crippen LogP contribution is 2.32. The van der Waals surface area contributed by atoms with Crippen molar-refractivity contribution in [2.45, 2.75) is 6.92 Å². The molecule has 0 aliphatic heterocycles. The van der Waals surface area contributed by atoms with Crippen LogP contribution in [0.25, 0.3) is 10.9 Å². The van der Waals surface area contributed by atoms with Crippen molar-refractivity contribution in [2.75, 3.05) is 17.7 Å². The first kappa shape index (κ1) is 12.5. The van der Waals surface area contributed by atoms with Crippen LogP contribution in [0, 0.1) is 6.92 Å². The second-order valence-corrected chi connectivity index (χ2v) is 4.97. The number of anilines is 3. The van der Waals surface area contributed by atoms with E-state index in [9.17, 15) is 0 Å². The Morgan fingerprint density at radius 3 is 2.70 bits per heavy atom. The zero-order valence-electron chi connectivity index (χ0n) is 11.7. The zero-order valence-corrected chi connectivity index (χ0v) is 11.7. The van der Waals surface area contributed by atoms with E-state index in [-0.39, 0.29) is 0 Å². The number of hydrogen-bond donors (Lipinski definition) is 1. The van der Waals surface area contributed by atoms with Gasteiger partial charge >= 0.3 is 0 Å². The molecule has 0 unspecified atom stereocenters. The van der Waals surface area contributed by atoms with Gasteiger partial charge in [0.15, 0.2) is 0 Å². The highest BCUT2D eigenvalue weighted by molar-refractivity contribution is 5.99. The molecule has 2 aromatic carbocycles. The number of nitrogens with two attached hydrogens (primary N) is 1. The van der Waals surface area contributed by atoms with Crippen LogP contribution >= 0.6 is 0 Å². The van der Waals surface area contributed by atoms with Crippen LogP contribution in [0.4, 0.5) is 17.1 Å². The van der Waals surface area contributed by atoms with Crippen molar-refractivity contribution < 1.29 is 0 Å². The summed E-state index contributed by atoms with van der Waals surface area (Å²) in [6.45, 7) is 2.10. The van der Waals surface area contributed by atoms with E-state index in [1.807, 2.05) is 18.2 Å². The molecular formula is C17H17N3. The summed E-state index contributed by atoms with van der Waals surface area (Å²) in [5.74, 6) is 0. The number of aromatic nitrogens is 1. The third kappa shape index (κ3) is 2.07. The minimum absolute atomic E-state index is 0.710. The number of pyridine rings is 1. The lowest BCUT2D eigenvalue weighted by Gasteiger charge is -2.22. The SMILES string of the molecule is Cc1cccc(N(C)c2ccc(N)c3ncccc23)c1. The highest BCUT2D eigenvalue weighted by Gasteiger charge is 2.10. The van der Waals surface area contributed by atoms with E-state index in [0.29, 0.717) is 5.69 Å². The Labute approximate surface area is 118 Å². The van der Waals surface area contributed by atoms with Gasteiger partial charge in [-0.2, -0.15) is 0 Å². The van der Waals surface area contributed by atoms with Gasteiger partial charge in [0, 0.05) is 24.3 Å². The van der Waals surface area contributed by atoms with Crippen LogP contribution in [0.5, 0.6) is 0 Å². The number of aryl methyl sites for hydroxylation is 1. The summed E-state index contributed by atoms with van der Waals surface area (Å²) in [5, 5.41) is 1.07. The van der Waals surface area contributed by atoms with Crippen molar-refractivity contribution in [3.05, 3.63) is 60.3 Å². The number of rotatable bonds is 2. The molecule has 100 valence electrons. The van der Waals surface area contributed by atoms with Gasteiger partial charge in [0.05, 0.1) is 16.9 Å². The lowest BCUT2D eigenvalue weighted by atomic mass is 10.1. The second-order valence-electron chi connectivity index (χ2n) is 4.97. The predicted molar refractivity (Wildman–Crippen MR) is 85.4 cm³/mol. The monoisotopic (exact) mass is 263 g/mol. The lowest BCUT2D eigenvalue weighted by Crippen LogP contribution is -2.10. The van der Waals surface area contributed by atoms with Gasteiger partial charge in [-0.1, -0.05) is 12.1 Å². The number of nitrogens with zero attached hydrogens (tertiary/aromatic N) is 2. The molecule has 2 N–H and O–H groups in total. The lowest BCUT2D eigenvalue weighted by molar-refractivity contribution is 1.21. The molecule has 0 saturated heterocycles. The number of nitrogen functional groups attached to an aromatic ring is 1. The summed E-state index contributed by atoms with van der Waals surface area (Å²) in [7, 11) is 2.06. The van der Waals surface area contributed by atoms with E-state index in [2.05, 4.69) is 54.2 Å². The molecule has 0 fully saturated rings. The zero-order chi connectivity index (χ0) is 14.1. The van der Waals surface area contributed by atoms with Crippen molar-refractivity contribution in [3.8, 4) is 0 Å². The third-order valence-electron chi connectivity index (χ3n) is 3.53. The van der Waals surface area contributed by atoms with E-state index in [4.69, 9.17) is 5.73 Å². The number of benzene rings is 2. The van der Waals surface area contributed by atoms with E-state index in [1.165, 1.54) is 5.56 Å². The topological polar surface area (TPSA) is 42.1 Å². The van der Waals surface area contributed by atoms with Gasteiger partial charge in [-0.25, -0.2) is 0 Å². The number of fused-ring (bicyclic) bond motifs is 1. The maximum Gasteiger partial charge on any atom is 0.0952 e. The molecule has 0 radical (unpaired) electrons. The van der Waals surface area contributed by atoms with E-state index in [1.54, 1.807) is 6.20 Å². The fraction of sp³-hybridized carbons (Fsp3) is 0.118. The predicted octanol–water partition coefficient (Wildman–Crippen LogP) is 3.89. The van der Waals surface area contributed by atoms with Gasteiger partial charge in [0.1, 0.15) is 0 Å². The first-order chi connectivity index (χ1) is 9.66. The summed E-state index contributed by atoms with van der Waals surface area (Å²) >= 11 is 0. The van der Waals surface area contributed by atoms with Gasteiger partial charge < -0.3 is 10.6 Å². The van der Waals surface area contributed by atoms with Gasteiger partial charge in [-0.05, 0) is 48.9 Å². The Bertz CT molecular complexity index is 765. The molecule has 3 rings (SSSR count). The molecule has 1 heterocycles. The van der Waals surface area contributed by atoms with Gasteiger partial charge in [0.2, 0.25) is 0 Å². The molecule has 0 aliphatic carbocycles. The fourth-order valence-electron chi connectivity index (χ4n) is 2.45. The van der Waals surface area contributed by atoms with E-state index >= 15 is 0 Å². The molecule has 0 bridgehead atoms. The Balaban J connectivity index is 2.17. The Hall–Kier alpha value is -2.55. The van der Waals surface area contributed by atoms with Crippen LogP contribution in [0.15, 0.2) is 54.7 Å². The average Bonchev–Trinajstić information content (AvgIpc) is 2.47. The Kier molecular flexibility index (Phi) is 3.03. The Morgan fingerprint density at radius 2 is 1.90 bits per heavy atom. The summed E-state index contributed by atoms with van der Waals surface area (Å²) in [4.78, 5) is 6.55. The molecular weight excluding hydrogens is 246 g/mol. The maximum absolute atomic E-state index is 6.01. The fourth-order valence-corrected chi connectivity index (χ4v) is 2.45.